The molecule has 1 aliphatic rings. The second-order valence-corrected chi connectivity index (χ2v) is 4.01. The third kappa shape index (κ3) is 1.72. The number of hydrogen-bond acceptors (Lipinski definition) is 3. The topological polar surface area (TPSA) is 43.1 Å². The van der Waals surface area contributed by atoms with E-state index in [4.69, 9.17) is 4.42 Å². The number of ketones is 1. The predicted molar refractivity (Wildman–Crippen MR) is 52.2 cm³/mol. The minimum absolute atomic E-state index is 0.361. The fraction of sp³-hybridized carbons (Fsp3) is 0.636. The van der Waals surface area contributed by atoms with Gasteiger partial charge in [0.1, 0.15) is 11.5 Å². The Hall–Kier alpha value is -1.12. The molecule has 0 bridgehead atoms. The van der Waals surface area contributed by atoms with Gasteiger partial charge in [-0.15, -0.1) is 0 Å². The van der Waals surface area contributed by atoms with Gasteiger partial charge in [0, 0.05) is 18.8 Å². The number of rotatable bonds is 1. The van der Waals surface area contributed by atoms with Crippen molar-refractivity contribution in [2.45, 2.75) is 45.4 Å². The Morgan fingerprint density at radius 3 is 2.43 bits per heavy atom. The van der Waals surface area contributed by atoms with Crippen molar-refractivity contribution >= 4 is 5.78 Å². The standard InChI is InChI=1S/C11H15NO2/c1-7-8(2)14-11(12-7)9-3-5-10(13)6-4-9/h9H,3-6H2,1-2H3. The number of nitrogens with zero attached hydrogens (tertiary/aromatic N) is 1. The maximum Gasteiger partial charge on any atom is 0.197 e. The van der Waals surface area contributed by atoms with Crippen molar-refractivity contribution in [3.8, 4) is 0 Å². The summed E-state index contributed by atoms with van der Waals surface area (Å²) in [6, 6.07) is 0. The van der Waals surface area contributed by atoms with Gasteiger partial charge >= 0.3 is 0 Å². The van der Waals surface area contributed by atoms with E-state index in [0.717, 1.165) is 30.2 Å². The maximum absolute atomic E-state index is 11.1. The second kappa shape index (κ2) is 3.56. The number of carbonyl (C=O) groups is 1. The molecule has 0 aromatic carbocycles. The van der Waals surface area contributed by atoms with Crippen molar-refractivity contribution in [3.63, 3.8) is 0 Å². The molecular weight excluding hydrogens is 178 g/mol. The van der Waals surface area contributed by atoms with Crippen LogP contribution in [0, 0.1) is 13.8 Å². The van der Waals surface area contributed by atoms with Crippen LogP contribution in [0.15, 0.2) is 4.42 Å². The first-order valence-electron chi connectivity index (χ1n) is 5.12. The van der Waals surface area contributed by atoms with E-state index in [1.807, 2.05) is 13.8 Å². The highest BCUT2D eigenvalue weighted by Gasteiger charge is 2.24. The quantitative estimate of drug-likeness (QED) is 0.688. The van der Waals surface area contributed by atoms with Crippen molar-refractivity contribution in [2.75, 3.05) is 0 Å². The predicted octanol–water partition coefficient (Wildman–Crippen LogP) is 2.52. The van der Waals surface area contributed by atoms with Gasteiger partial charge in [0.2, 0.25) is 0 Å². The van der Waals surface area contributed by atoms with Gasteiger partial charge in [0.15, 0.2) is 5.89 Å². The van der Waals surface area contributed by atoms with Crippen molar-refractivity contribution in [3.05, 3.63) is 17.3 Å². The Kier molecular flexibility index (Phi) is 2.40. The number of aryl methyl sites for hydroxylation is 2. The van der Waals surface area contributed by atoms with Crippen molar-refractivity contribution in [2.24, 2.45) is 0 Å². The fourth-order valence-corrected chi connectivity index (χ4v) is 1.86. The van der Waals surface area contributed by atoms with Crippen LogP contribution >= 0.6 is 0 Å². The lowest BCUT2D eigenvalue weighted by Gasteiger charge is -2.17. The van der Waals surface area contributed by atoms with Crippen LogP contribution in [0.25, 0.3) is 0 Å². The lowest BCUT2D eigenvalue weighted by molar-refractivity contribution is -0.120. The number of aromatic nitrogens is 1. The zero-order valence-corrected chi connectivity index (χ0v) is 8.67. The highest BCUT2D eigenvalue weighted by atomic mass is 16.4. The molecule has 1 fully saturated rings. The molecule has 0 N–H and O–H groups in total. The second-order valence-electron chi connectivity index (χ2n) is 4.01. The van der Waals surface area contributed by atoms with E-state index in [1.165, 1.54) is 0 Å². The molecular formula is C11H15NO2. The molecule has 0 radical (unpaired) electrons. The van der Waals surface area contributed by atoms with Crippen molar-refractivity contribution < 1.29 is 9.21 Å². The summed E-state index contributed by atoms with van der Waals surface area (Å²) in [5, 5.41) is 0. The summed E-state index contributed by atoms with van der Waals surface area (Å²) >= 11 is 0. The SMILES string of the molecule is Cc1nc(C2CCC(=O)CC2)oc1C. The van der Waals surface area contributed by atoms with Crippen molar-refractivity contribution in [1.29, 1.82) is 0 Å². The van der Waals surface area contributed by atoms with Gasteiger partial charge in [-0.2, -0.15) is 0 Å². The van der Waals surface area contributed by atoms with Gasteiger partial charge in [-0.3, -0.25) is 4.79 Å². The Morgan fingerprint density at radius 1 is 1.29 bits per heavy atom. The van der Waals surface area contributed by atoms with Crippen molar-refractivity contribution in [1.82, 2.24) is 4.98 Å². The normalized spacial score (nSPS) is 18.9. The minimum Gasteiger partial charge on any atom is -0.445 e. The van der Waals surface area contributed by atoms with Crippen LogP contribution in [0.5, 0.6) is 0 Å². The van der Waals surface area contributed by atoms with E-state index in [0.29, 0.717) is 24.5 Å². The fourth-order valence-electron chi connectivity index (χ4n) is 1.86. The molecule has 3 nitrogen and oxygen atoms in total. The summed E-state index contributed by atoms with van der Waals surface area (Å²) in [5.74, 6) is 2.46. The molecule has 0 atom stereocenters. The molecule has 14 heavy (non-hydrogen) atoms. The number of Topliss-reactive ketones (excluding diaryl/α,β-unsaturated/α-hetero) is 1. The average Bonchev–Trinajstić information content (AvgIpc) is 2.48. The van der Waals surface area contributed by atoms with E-state index in [1.54, 1.807) is 0 Å². The molecule has 0 aliphatic heterocycles. The molecule has 1 aromatic heterocycles. The van der Waals surface area contributed by atoms with E-state index in [9.17, 15) is 4.79 Å². The first kappa shape index (κ1) is 9.44. The number of oxazole rings is 1. The number of carbonyl (C=O) groups excluding carboxylic acids is 1. The van der Waals surface area contributed by atoms with Crippen LogP contribution in [0.1, 0.15) is 48.9 Å². The van der Waals surface area contributed by atoms with Gasteiger partial charge < -0.3 is 4.42 Å². The highest BCUT2D eigenvalue weighted by Crippen LogP contribution is 2.31. The van der Waals surface area contributed by atoms with Gasteiger partial charge in [-0.05, 0) is 26.7 Å². The summed E-state index contributed by atoms with van der Waals surface area (Å²) in [6.07, 6.45) is 3.17. The molecule has 3 heteroatoms. The molecule has 0 amide bonds. The van der Waals surface area contributed by atoms with Crippen LogP contribution in [-0.4, -0.2) is 10.8 Å². The van der Waals surface area contributed by atoms with Crippen LogP contribution in [0.3, 0.4) is 0 Å². The van der Waals surface area contributed by atoms with E-state index >= 15 is 0 Å². The average molecular weight is 193 g/mol. The zero-order valence-electron chi connectivity index (χ0n) is 8.67. The third-order valence-corrected chi connectivity index (χ3v) is 2.94. The Morgan fingerprint density at radius 2 is 1.93 bits per heavy atom. The first-order chi connectivity index (χ1) is 6.66. The van der Waals surface area contributed by atoms with E-state index in [2.05, 4.69) is 4.98 Å². The summed E-state index contributed by atoms with van der Waals surface area (Å²) in [4.78, 5) is 15.4. The molecule has 0 unspecified atom stereocenters. The molecule has 0 spiro atoms. The Bertz CT molecular complexity index is 325. The minimum atomic E-state index is 0.361. The number of hydrogen-bond donors (Lipinski definition) is 0. The van der Waals surface area contributed by atoms with Gasteiger partial charge in [0.05, 0.1) is 5.69 Å². The zero-order chi connectivity index (χ0) is 10.1. The monoisotopic (exact) mass is 193 g/mol. The van der Waals surface area contributed by atoms with E-state index < -0.39 is 0 Å². The van der Waals surface area contributed by atoms with Crippen LogP contribution in [0.4, 0.5) is 0 Å². The molecule has 1 aromatic rings. The molecule has 2 rings (SSSR count). The first-order valence-corrected chi connectivity index (χ1v) is 5.12. The maximum atomic E-state index is 11.1. The summed E-state index contributed by atoms with van der Waals surface area (Å²) in [7, 11) is 0. The van der Waals surface area contributed by atoms with Crippen LogP contribution < -0.4 is 0 Å². The largest absolute Gasteiger partial charge is 0.445 e. The Labute approximate surface area is 83.5 Å². The highest BCUT2D eigenvalue weighted by molar-refractivity contribution is 5.79. The molecule has 76 valence electrons. The molecule has 1 heterocycles. The molecule has 0 saturated heterocycles. The van der Waals surface area contributed by atoms with Gasteiger partial charge in [-0.25, -0.2) is 4.98 Å². The summed E-state index contributed by atoms with van der Waals surface area (Å²) < 4.78 is 5.57. The Balaban J connectivity index is 2.12. The van der Waals surface area contributed by atoms with E-state index in [-0.39, 0.29) is 0 Å². The lowest BCUT2D eigenvalue weighted by atomic mass is 9.88. The smallest absolute Gasteiger partial charge is 0.197 e. The van der Waals surface area contributed by atoms with Crippen LogP contribution in [-0.2, 0) is 4.79 Å². The van der Waals surface area contributed by atoms with Gasteiger partial charge in [-0.1, -0.05) is 0 Å². The molecule has 1 aliphatic carbocycles. The summed E-state index contributed by atoms with van der Waals surface area (Å²) in [6.45, 7) is 3.89. The van der Waals surface area contributed by atoms with Crippen LogP contribution in [0.2, 0.25) is 0 Å². The third-order valence-electron chi connectivity index (χ3n) is 2.94. The lowest BCUT2D eigenvalue weighted by Crippen LogP contribution is -2.12. The van der Waals surface area contributed by atoms with Gasteiger partial charge in [0.25, 0.3) is 0 Å². The summed E-state index contributed by atoms with van der Waals surface area (Å²) in [5.41, 5.74) is 0.969. The molecule has 1 saturated carbocycles.